The Morgan fingerprint density at radius 2 is 1.65 bits per heavy atom. The van der Waals surface area contributed by atoms with E-state index in [2.05, 4.69) is 31.4 Å². The highest BCUT2D eigenvalue weighted by molar-refractivity contribution is 5.85. The Bertz CT molecular complexity index is 293. The fraction of sp³-hybridized carbons (Fsp3) is 0.833. The molecule has 0 aliphatic heterocycles. The molecule has 0 fully saturated rings. The molecule has 3 N–H and O–H groups in total. The molecule has 0 aliphatic rings. The zero-order chi connectivity index (χ0) is 13.9. The van der Waals surface area contributed by atoms with Gasteiger partial charge in [0.2, 0.25) is 5.91 Å². The lowest BCUT2D eigenvalue weighted by Crippen LogP contribution is -2.54. The van der Waals surface area contributed by atoms with Crippen LogP contribution in [0.3, 0.4) is 0 Å². The summed E-state index contributed by atoms with van der Waals surface area (Å²) in [6, 6.07) is -0.746. The number of hydrogen-bond donors (Lipinski definition) is 3. The Kier molecular flexibility index (Phi) is 4.98. The van der Waals surface area contributed by atoms with Crippen LogP contribution >= 0.6 is 0 Å². The molecule has 5 nitrogen and oxygen atoms in total. The number of carboxylic acid groups (broad SMARTS) is 1. The highest BCUT2D eigenvalue weighted by Crippen LogP contribution is 2.35. The number of rotatable bonds is 4. The number of amides is 2. The van der Waals surface area contributed by atoms with Crippen LogP contribution in [-0.4, -0.2) is 30.2 Å². The Balaban J connectivity index is 5.01. The maximum Gasteiger partial charge on any atom is 0.405 e. The first-order valence-electron chi connectivity index (χ1n) is 5.70. The molecule has 0 unspecified atom stereocenters. The smallest absolute Gasteiger partial charge is 0.405 e. The van der Waals surface area contributed by atoms with E-state index < -0.39 is 17.6 Å². The van der Waals surface area contributed by atoms with Gasteiger partial charge in [-0.2, -0.15) is 0 Å². The molecule has 0 aromatic carbocycles. The van der Waals surface area contributed by atoms with E-state index in [-0.39, 0.29) is 11.3 Å². The van der Waals surface area contributed by atoms with Gasteiger partial charge in [0.1, 0.15) is 6.04 Å². The lowest BCUT2D eigenvalue weighted by molar-refractivity contribution is -0.125. The van der Waals surface area contributed by atoms with Gasteiger partial charge in [0.15, 0.2) is 0 Å². The van der Waals surface area contributed by atoms with E-state index >= 15 is 0 Å². The third kappa shape index (κ3) is 5.56. The molecule has 100 valence electrons. The molecule has 0 saturated heterocycles. The van der Waals surface area contributed by atoms with E-state index in [0.29, 0.717) is 0 Å². The fourth-order valence-electron chi connectivity index (χ4n) is 2.35. The van der Waals surface area contributed by atoms with Gasteiger partial charge in [-0.1, -0.05) is 34.6 Å². The SMILES string of the molecule is CNC(=O)[C@H](NC(=O)O)C(C)(C)CC(C)(C)C. The number of carbonyl (C=O) groups is 2. The van der Waals surface area contributed by atoms with E-state index in [0.717, 1.165) is 6.42 Å². The maximum atomic E-state index is 11.7. The predicted octanol–water partition coefficient (Wildman–Crippen LogP) is 1.83. The number of hydrogen-bond acceptors (Lipinski definition) is 2. The average Bonchev–Trinajstić information content (AvgIpc) is 2.08. The molecule has 0 aromatic heterocycles. The molecule has 2 amide bonds. The number of carbonyl (C=O) groups excluding carboxylic acids is 1. The van der Waals surface area contributed by atoms with Crippen LogP contribution in [0.4, 0.5) is 4.79 Å². The minimum Gasteiger partial charge on any atom is -0.465 e. The van der Waals surface area contributed by atoms with Crippen molar-refractivity contribution in [1.29, 1.82) is 0 Å². The first-order valence-corrected chi connectivity index (χ1v) is 5.70. The van der Waals surface area contributed by atoms with Gasteiger partial charge in [0, 0.05) is 7.05 Å². The molecule has 0 spiro atoms. The predicted molar refractivity (Wildman–Crippen MR) is 66.9 cm³/mol. The molecular weight excluding hydrogens is 220 g/mol. The molecule has 17 heavy (non-hydrogen) atoms. The van der Waals surface area contributed by atoms with Crippen molar-refractivity contribution in [3.05, 3.63) is 0 Å². The summed E-state index contributed by atoms with van der Waals surface area (Å²) in [5.41, 5.74) is -0.424. The van der Waals surface area contributed by atoms with Crippen molar-refractivity contribution in [1.82, 2.24) is 10.6 Å². The zero-order valence-corrected chi connectivity index (χ0v) is 11.5. The van der Waals surface area contributed by atoms with Gasteiger partial charge >= 0.3 is 6.09 Å². The van der Waals surface area contributed by atoms with Crippen molar-refractivity contribution in [2.45, 2.75) is 47.1 Å². The third-order valence-electron chi connectivity index (χ3n) is 2.54. The standard InChI is InChI=1S/C12H24N2O3/c1-11(2,3)7-12(4,5)8(9(15)13-6)14-10(16)17/h8,14H,7H2,1-6H3,(H,13,15)(H,16,17)/t8-/m0/s1. The second-order valence-electron chi connectivity index (χ2n) is 6.22. The van der Waals surface area contributed by atoms with Gasteiger partial charge in [-0.05, 0) is 17.3 Å². The van der Waals surface area contributed by atoms with Crippen molar-refractivity contribution in [2.75, 3.05) is 7.05 Å². The molecule has 0 rings (SSSR count). The van der Waals surface area contributed by atoms with E-state index in [4.69, 9.17) is 5.11 Å². The summed E-state index contributed by atoms with van der Waals surface area (Å²) in [5.74, 6) is -0.304. The molecular formula is C12H24N2O3. The molecule has 0 radical (unpaired) electrons. The van der Waals surface area contributed by atoms with Crippen molar-refractivity contribution < 1.29 is 14.7 Å². The van der Waals surface area contributed by atoms with Crippen LogP contribution < -0.4 is 10.6 Å². The van der Waals surface area contributed by atoms with E-state index in [1.807, 2.05) is 13.8 Å². The van der Waals surface area contributed by atoms with Gasteiger partial charge < -0.3 is 15.7 Å². The summed E-state index contributed by atoms with van der Waals surface area (Å²) in [4.78, 5) is 22.5. The molecule has 0 aliphatic carbocycles. The Morgan fingerprint density at radius 3 is 1.94 bits per heavy atom. The van der Waals surface area contributed by atoms with Crippen molar-refractivity contribution >= 4 is 12.0 Å². The van der Waals surface area contributed by atoms with Crippen molar-refractivity contribution in [3.8, 4) is 0 Å². The Hall–Kier alpha value is -1.26. The minimum absolute atomic E-state index is 0.0238. The van der Waals surface area contributed by atoms with Gasteiger partial charge in [0.25, 0.3) is 0 Å². The Morgan fingerprint density at radius 1 is 1.18 bits per heavy atom. The zero-order valence-electron chi connectivity index (χ0n) is 11.5. The average molecular weight is 244 g/mol. The maximum absolute atomic E-state index is 11.7. The highest BCUT2D eigenvalue weighted by atomic mass is 16.4. The normalized spacial score (nSPS) is 14.0. The van der Waals surface area contributed by atoms with Gasteiger partial charge in [-0.3, -0.25) is 4.79 Å². The van der Waals surface area contributed by atoms with Crippen LogP contribution in [0.5, 0.6) is 0 Å². The molecule has 0 bridgehead atoms. The monoisotopic (exact) mass is 244 g/mol. The number of nitrogens with one attached hydrogen (secondary N) is 2. The lowest BCUT2D eigenvalue weighted by atomic mass is 9.71. The second-order valence-corrected chi connectivity index (χ2v) is 6.22. The fourth-order valence-corrected chi connectivity index (χ4v) is 2.35. The Labute approximate surface area is 103 Å². The van der Waals surface area contributed by atoms with Crippen LogP contribution in [0.2, 0.25) is 0 Å². The first kappa shape index (κ1) is 15.7. The molecule has 0 saturated carbocycles. The lowest BCUT2D eigenvalue weighted by Gasteiger charge is -2.37. The summed E-state index contributed by atoms with van der Waals surface area (Å²) in [5, 5.41) is 13.6. The van der Waals surface area contributed by atoms with Gasteiger partial charge in [-0.15, -0.1) is 0 Å². The molecule has 1 atom stereocenters. The topological polar surface area (TPSA) is 78.4 Å². The van der Waals surface area contributed by atoms with Crippen molar-refractivity contribution in [2.24, 2.45) is 10.8 Å². The third-order valence-corrected chi connectivity index (χ3v) is 2.54. The summed E-state index contributed by atoms with van der Waals surface area (Å²) >= 11 is 0. The van der Waals surface area contributed by atoms with E-state index in [9.17, 15) is 9.59 Å². The van der Waals surface area contributed by atoms with Crippen LogP contribution in [0, 0.1) is 10.8 Å². The first-order chi connectivity index (χ1) is 7.49. The van der Waals surface area contributed by atoms with Crippen LogP contribution in [0.15, 0.2) is 0 Å². The van der Waals surface area contributed by atoms with Crippen LogP contribution in [0.25, 0.3) is 0 Å². The van der Waals surface area contributed by atoms with E-state index in [1.165, 1.54) is 7.05 Å². The van der Waals surface area contributed by atoms with Gasteiger partial charge in [-0.25, -0.2) is 4.79 Å². The summed E-state index contributed by atoms with van der Waals surface area (Å²) < 4.78 is 0. The molecule has 0 aromatic rings. The molecule has 5 heteroatoms. The summed E-state index contributed by atoms with van der Waals surface area (Å²) in [7, 11) is 1.51. The van der Waals surface area contributed by atoms with Gasteiger partial charge in [0.05, 0.1) is 0 Å². The van der Waals surface area contributed by atoms with Crippen LogP contribution in [0.1, 0.15) is 41.0 Å². The minimum atomic E-state index is -1.18. The largest absolute Gasteiger partial charge is 0.465 e. The summed E-state index contributed by atoms with van der Waals surface area (Å²) in [6.45, 7) is 9.99. The van der Waals surface area contributed by atoms with Crippen molar-refractivity contribution in [3.63, 3.8) is 0 Å². The quantitative estimate of drug-likeness (QED) is 0.706. The molecule has 0 heterocycles. The van der Waals surface area contributed by atoms with E-state index in [1.54, 1.807) is 0 Å². The number of likely N-dealkylation sites (N-methyl/N-ethyl adjacent to an activating group) is 1. The summed E-state index contributed by atoms with van der Waals surface area (Å²) in [6.07, 6.45) is -0.446. The van der Waals surface area contributed by atoms with Crippen LogP contribution in [-0.2, 0) is 4.79 Å². The highest BCUT2D eigenvalue weighted by Gasteiger charge is 2.38. The second kappa shape index (κ2) is 5.38.